The van der Waals surface area contributed by atoms with Gasteiger partial charge in [0.15, 0.2) is 0 Å². The molecule has 0 unspecified atom stereocenters. The minimum Gasteiger partial charge on any atom is -0.372 e. The number of para-hydroxylation sites is 1. The smallest absolute Gasteiger partial charge is 0.316 e. The van der Waals surface area contributed by atoms with Crippen molar-refractivity contribution in [3.63, 3.8) is 0 Å². The summed E-state index contributed by atoms with van der Waals surface area (Å²) in [4.78, 5) is 28.7. The van der Waals surface area contributed by atoms with E-state index in [1.54, 1.807) is 4.90 Å². The minimum atomic E-state index is -0.592. The van der Waals surface area contributed by atoms with Crippen molar-refractivity contribution in [1.82, 2.24) is 0 Å². The number of rotatable bonds is 2. The average molecular weight is 335 g/mol. The van der Waals surface area contributed by atoms with Crippen LogP contribution in [0.25, 0.3) is 0 Å². The van der Waals surface area contributed by atoms with Crippen molar-refractivity contribution in [2.45, 2.75) is 19.3 Å². The summed E-state index contributed by atoms with van der Waals surface area (Å²) >= 11 is 0. The van der Waals surface area contributed by atoms with Crippen molar-refractivity contribution in [2.75, 3.05) is 34.8 Å². The third kappa shape index (κ3) is 3.09. The molecule has 2 aliphatic heterocycles. The predicted molar refractivity (Wildman–Crippen MR) is 99.0 cm³/mol. The monoisotopic (exact) mass is 335 g/mol. The van der Waals surface area contributed by atoms with Gasteiger partial charge >= 0.3 is 11.8 Å². The molecule has 0 atom stereocenters. The fourth-order valence-corrected chi connectivity index (χ4v) is 3.59. The van der Waals surface area contributed by atoms with E-state index in [2.05, 4.69) is 10.2 Å². The summed E-state index contributed by atoms with van der Waals surface area (Å²) in [5.74, 6) is -1.10. The van der Waals surface area contributed by atoms with E-state index < -0.39 is 11.8 Å². The lowest BCUT2D eigenvalue weighted by molar-refractivity contribution is -0.134. The third-order valence-electron chi connectivity index (χ3n) is 4.92. The molecule has 1 N–H and O–H groups in total. The zero-order valence-corrected chi connectivity index (χ0v) is 14.1. The Labute approximate surface area is 147 Å². The number of hydrogen-bond donors (Lipinski definition) is 1. The second kappa shape index (κ2) is 6.59. The number of nitrogens with one attached hydrogen (secondary N) is 1. The van der Waals surface area contributed by atoms with Crippen molar-refractivity contribution in [3.8, 4) is 0 Å². The number of hydrogen-bond acceptors (Lipinski definition) is 3. The van der Waals surface area contributed by atoms with Crippen molar-refractivity contribution in [3.05, 3.63) is 54.1 Å². The van der Waals surface area contributed by atoms with Crippen LogP contribution in [0.5, 0.6) is 0 Å². The van der Waals surface area contributed by atoms with Crippen LogP contribution in [0, 0.1) is 0 Å². The molecular formula is C20H21N3O2. The summed E-state index contributed by atoms with van der Waals surface area (Å²) in [6.07, 6.45) is 3.24. The fourth-order valence-electron chi connectivity index (χ4n) is 3.59. The maximum Gasteiger partial charge on any atom is 0.316 e. The van der Waals surface area contributed by atoms with E-state index in [-0.39, 0.29) is 0 Å². The molecule has 1 fully saturated rings. The molecule has 0 saturated carbocycles. The van der Waals surface area contributed by atoms with Crippen LogP contribution in [0.2, 0.25) is 0 Å². The first-order chi connectivity index (χ1) is 12.2. The van der Waals surface area contributed by atoms with E-state index >= 15 is 0 Å². The molecule has 0 spiro atoms. The van der Waals surface area contributed by atoms with Gasteiger partial charge in [-0.2, -0.15) is 0 Å². The van der Waals surface area contributed by atoms with E-state index in [0.29, 0.717) is 12.2 Å². The van der Waals surface area contributed by atoms with Crippen LogP contribution in [0.1, 0.15) is 18.4 Å². The maximum atomic E-state index is 12.5. The molecule has 0 aliphatic carbocycles. The number of carbonyl (C=O) groups excluding carboxylic acids is 2. The second-order valence-corrected chi connectivity index (χ2v) is 6.53. The molecule has 1 saturated heterocycles. The zero-order chi connectivity index (χ0) is 17.2. The van der Waals surface area contributed by atoms with E-state index in [9.17, 15) is 9.59 Å². The highest BCUT2D eigenvalue weighted by Crippen LogP contribution is 2.28. The number of carbonyl (C=O) groups is 2. The van der Waals surface area contributed by atoms with Crippen LogP contribution in [-0.2, 0) is 16.0 Å². The molecule has 2 aliphatic rings. The Morgan fingerprint density at radius 2 is 1.60 bits per heavy atom. The lowest BCUT2D eigenvalue weighted by Gasteiger charge is -2.18. The van der Waals surface area contributed by atoms with Crippen molar-refractivity contribution < 1.29 is 9.59 Å². The summed E-state index contributed by atoms with van der Waals surface area (Å²) in [6, 6.07) is 15.4. The zero-order valence-electron chi connectivity index (χ0n) is 14.1. The highest BCUT2D eigenvalue weighted by Gasteiger charge is 2.28. The molecule has 25 heavy (non-hydrogen) atoms. The Bertz CT molecular complexity index is 795. The fraction of sp³-hybridized carbons (Fsp3) is 0.300. The topological polar surface area (TPSA) is 52.7 Å². The van der Waals surface area contributed by atoms with Gasteiger partial charge in [-0.3, -0.25) is 9.59 Å². The lowest BCUT2D eigenvalue weighted by Crippen LogP contribution is -2.38. The van der Waals surface area contributed by atoms with Crippen molar-refractivity contribution in [2.24, 2.45) is 0 Å². The van der Waals surface area contributed by atoms with Gasteiger partial charge in [0, 0.05) is 36.7 Å². The Kier molecular flexibility index (Phi) is 4.14. The molecule has 2 heterocycles. The van der Waals surface area contributed by atoms with Crippen LogP contribution in [-0.4, -0.2) is 31.4 Å². The maximum absolute atomic E-state index is 12.5. The number of amides is 2. The third-order valence-corrected chi connectivity index (χ3v) is 4.92. The molecule has 5 heteroatoms. The normalized spacial score (nSPS) is 16.0. The van der Waals surface area contributed by atoms with Gasteiger partial charge < -0.3 is 15.1 Å². The van der Waals surface area contributed by atoms with E-state index in [1.807, 2.05) is 48.5 Å². The van der Waals surface area contributed by atoms with E-state index in [4.69, 9.17) is 0 Å². The van der Waals surface area contributed by atoms with Gasteiger partial charge in [0.05, 0.1) is 0 Å². The highest BCUT2D eigenvalue weighted by molar-refractivity contribution is 6.44. The van der Waals surface area contributed by atoms with Crippen LogP contribution in [0.4, 0.5) is 17.1 Å². The van der Waals surface area contributed by atoms with Crippen molar-refractivity contribution in [1.29, 1.82) is 0 Å². The molecule has 0 radical (unpaired) electrons. The summed E-state index contributed by atoms with van der Waals surface area (Å²) in [6.45, 7) is 2.72. The number of nitrogens with zero attached hydrogens (tertiary/aromatic N) is 2. The van der Waals surface area contributed by atoms with E-state index in [1.165, 1.54) is 12.8 Å². The van der Waals surface area contributed by atoms with Gasteiger partial charge in [0.25, 0.3) is 0 Å². The van der Waals surface area contributed by atoms with Gasteiger partial charge in [0.2, 0.25) is 0 Å². The number of fused-ring (bicyclic) bond motifs is 1. The van der Waals surface area contributed by atoms with Gasteiger partial charge in [-0.1, -0.05) is 18.2 Å². The first-order valence-electron chi connectivity index (χ1n) is 8.78. The number of benzene rings is 2. The molecule has 4 rings (SSSR count). The summed E-state index contributed by atoms with van der Waals surface area (Å²) in [5.41, 5.74) is 3.76. The van der Waals surface area contributed by atoms with Crippen LogP contribution < -0.4 is 15.1 Å². The Morgan fingerprint density at radius 3 is 2.36 bits per heavy atom. The van der Waals surface area contributed by atoms with Gasteiger partial charge in [-0.25, -0.2) is 0 Å². The number of anilines is 3. The van der Waals surface area contributed by atoms with Gasteiger partial charge in [-0.15, -0.1) is 0 Å². The Balaban J connectivity index is 1.42. The largest absolute Gasteiger partial charge is 0.372 e. The van der Waals surface area contributed by atoms with Crippen molar-refractivity contribution >= 4 is 28.9 Å². The SMILES string of the molecule is O=C(Nc1ccc(N2CCCC2)cc1)C(=O)N1CCc2ccccc21. The second-order valence-electron chi connectivity index (χ2n) is 6.53. The van der Waals surface area contributed by atoms with E-state index in [0.717, 1.165) is 36.4 Å². The summed E-state index contributed by atoms with van der Waals surface area (Å²) in [7, 11) is 0. The average Bonchev–Trinajstić information content (AvgIpc) is 3.31. The van der Waals surface area contributed by atoms with Crippen LogP contribution in [0.3, 0.4) is 0 Å². The first-order valence-corrected chi connectivity index (χ1v) is 8.78. The molecule has 2 aromatic rings. The quantitative estimate of drug-likeness (QED) is 0.859. The molecule has 2 aromatic carbocycles. The molecule has 0 bridgehead atoms. The van der Waals surface area contributed by atoms with Crippen LogP contribution in [0.15, 0.2) is 48.5 Å². The Hall–Kier alpha value is -2.82. The summed E-state index contributed by atoms with van der Waals surface area (Å²) in [5, 5.41) is 2.72. The van der Waals surface area contributed by atoms with Gasteiger partial charge in [-0.05, 0) is 55.2 Å². The standard InChI is InChI=1S/C20H21N3O2/c24-19(20(25)23-14-11-15-5-1-2-6-18(15)23)21-16-7-9-17(10-8-16)22-12-3-4-13-22/h1-2,5-10H,3-4,11-14H2,(H,21,24). The predicted octanol–water partition coefficient (Wildman–Crippen LogP) is 2.81. The molecule has 2 amide bonds. The Morgan fingerprint density at radius 1 is 0.880 bits per heavy atom. The first kappa shape index (κ1) is 15.7. The molecule has 5 nitrogen and oxygen atoms in total. The minimum absolute atomic E-state index is 0.506. The van der Waals surface area contributed by atoms with Crippen LogP contribution >= 0.6 is 0 Å². The lowest BCUT2D eigenvalue weighted by atomic mass is 10.2. The molecular weight excluding hydrogens is 314 g/mol. The summed E-state index contributed by atoms with van der Waals surface area (Å²) < 4.78 is 0. The van der Waals surface area contributed by atoms with Gasteiger partial charge in [0.1, 0.15) is 0 Å². The molecule has 0 aromatic heterocycles. The highest BCUT2D eigenvalue weighted by atomic mass is 16.2. The molecule has 128 valence electrons.